The molecule has 16 heavy (non-hydrogen) atoms. The van der Waals surface area contributed by atoms with E-state index in [4.69, 9.17) is 0 Å². The molecule has 0 rings (SSSR count). The first kappa shape index (κ1) is 15.9. The van der Waals surface area contributed by atoms with Crippen molar-refractivity contribution in [1.29, 1.82) is 0 Å². The molecule has 0 saturated carbocycles. The summed E-state index contributed by atoms with van der Waals surface area (Å²) in [5.74, 6) is 0. The third-order valence-corrected chi connectivity index (χ3v) is 4.38. The van der Waals surface area contributed by atoms with Crippen LogP contribution in [0.3, 0.4) is 0 Å². The summed E-state index contributed by atoms with van der Waals surface area (Å²) in [6.07, 6.45) is 4.37. The van der Waals surface area contributed by atoms with Crippen LogP contribution in [0.1, 0.15) is 46.5 Å². The lowest BCUT2D eigenvalue weighted by Gasteiger charge is -2.14. The van der Waals surface area contributed by atoms with E-state index in [2.05, 4.69) is 17.0 Å². The molecule has 0 aromatic heterocycles. The standard InChI is InChI=1S/C11H26N2O2S/c1-4-6-7-8-9-13-16(14,15)11(3)10-12-5-2/h11-13H,4-10H2,1-3H3. The number of nitrogens with one attached hydrogen (secondary N) is 2. The van der Waals surface area contributed by atoms with Crippen molar-refractivity contribution in [3.05, 3.63) is 0 Å². The van der Waals surface area contributed by atoms with E-state index < -0.39 is 10.0 Å². The van der Waals surface area contributed by atoms with E-state index in [9.17, 15) is 8.42 Å². The molecule has 0 radical (unpaired) electrons. The minimum Gasteiger partial charge on any atom is -0.316 e. The molecule has 0 fully saturated rings. The second kappa shape index (κ2) is 8.96. The van der Waals surface area contributed by atoms with Crippen LogP contribution in [-0.4, -0.2) is 33.3 Å². The fraction of sp³-hybridized carbons (Fsp3) is 1.00. The van der Waals surface area contributed by atoms with Gasteiger partial charge in [0.2, 0.25) is 10.0 Å². The highest BCUT2D eigenvalue weighted by molar-refractivity contribution is 7.90. The Hall–Kier alpha value is -0.130. The van der Waals surface area contributed by atoms with Gasteiger partial charge in [-0.25, -0.2) is 13.1 Å². The monoisotopic (exact) mass is 250 g/mol. The van der Waals surface area contributed by atoms with E-state index in [1.807, 2.05) is 6.92 Å². The maximum atomic E-state index is 11.7. The molecule has 0 heterocycles. The quantitative estimate of drug-likeness (QED) is 0.577. The van der Waals surface area contributed by atoms with Crippen molar-refractivity contribution in [3.8, 4) is 0 Å². The molecule has 0 aromatic carbocycles. The van der Waals surface area contributed by atoms with Crippen molar-refractivity contribution in [1.82, 2.24) is 10.0 Å². The van der Waals surface area contributed by atoms with Gasteiger partial charge in [0.1, 0.15) is 0 Å². The lowest BCUT2D eigenvalue weighted by Crippen LogP contribution is -2.39. The van der Waals surface area contributed by atoms with Gasteiger partial charge in [-0.3, -0.25) is 0 Å². The van der Waals surface area contributed by atoms with Crippen LogP contribution in [0, 0.1) is 0 Å². The topological polar surface area (TPSA) is 58.2 Å². The Morgan fingerprint density at radius 3 is 2.38 bits per heavy atom. The van der Waals surface area contributed by atoms with Crippen molar-refractivity contribution >= 4 is 10.0 Å². The van der Waals surface area contributed by atoms with Crippen LogP contribution in [-0.2, 0) is 10.0 Å². The number of unbranched alkanes of at least 4 members (excludes halogenated alkanes) is 3. The Kier molecular flexibility index (Phi) is 8.89. The third kappa shape index (κ3) is 7.19. The number of sulfonamides is 1. The van der Waals surface area contributed by atoms with Crippen molar-refractivity contribution < 1.29 is 8.42 Å². The van der Waals surface area contributed by atoms with Gasteiger partial charge in [-0.05, 0) is 19.9 Å². The van der Waals surface area contributed by atoms with Crippen molar-refractivity contribution in [3.63, 3.8) is 0 Å². The second-order valence-electron chi connectivity index (χ2n) is 4.12. The fourth-order valence-electron chi connectivity index (χ4n) is 1.37. The SMILES string of the molecule is CCCCCCNS(=O)(=O)C(C)CNCC. The molecule has 0 aliphatic carbocycles. The smallest absolute Gasteiger partial charge is 0.215 e. The molecule has 0 spiro atoms. The van der Waals surface area contributed by atoms with Gasteiger partial charge in [0.25, 0.3) is 0 Å². The summed E-state index contributed by atoms with van der Waals surface area (Å²) >= 11 is 0. The van der Waals surface area contributed by atoms with Crippen LogP contribution in [0.4, 0.5) is 0 Å². The molecule has 0 aliphatic rings. The maximum Gasteiger partial charge on any atom is 0.215 e. The Morgan fingerprint density at radius 1 is 1.12 bits per heavy atom. The Morgan fingerprint density at radius 2 is 1.81 bits per heavy atom. The molecule has 98 valence electrons. The van der Waals surface area contributed by atoms with Crippen molar-refractivity contribution in [2.75, 3.05) is 19.6 Å². The first-order chi connectivity index (χ1) is 7.54. The number of hydrogen-bond donors (Lipinski definition) is 2. The molecule has 2 N–H and O–H groups in total. The van der Waals surface area contributed by atoms with Gasteiger partial charge in [-0.1, -0.05) is 33.1 Å². The Balaban J connectivity index is 3.77. The number of rotatable bonds is 10. The molecule has 5 heteroatoms. The van der Waals surface area contributed by atoms with E-state index in [0.29, 0.717) is 13.1 Å². The lowest BCUT2D eigenvalue weighted by atomic mass is 10.2. The zero-order valence-electron chi connectivity index (χ0n) is 10.8. The van der Waals surface area contributed by atoms with Gasteiger partial charge in [-0.15, -0.1) is 0 Å². The van der Waals surface area contributed by atoms with E-state index >= 15 is 0 Å². The summed E-state index contributed by atoms with van der Waals surface area (Å²) in [6.45, 7) is 7.73. The summed E-state index contributed by atoms with van der Waals surface area (Å²) in [5, 5.41) is 2.68. The van der Waals surface area contributed by atoms with Crippen LogP contribution in [0.5, 0.6) is 0 Å². The fourth-order valence-corrected chi connectivity index (χ4v) is 2.42. The normalized spacial score (nSPS) is 13.9. The van der Waals surface area contributed by atoms with E-state index in [1.165, 1.54) is 12.8 Å². The third-order valence-electron chi connectivity index (χ3n) is 2.55. The van der Waals surface area contributed by atoms with Crippen LogP contribution in [0.25, 0.3) is 0 Å². The molecular formula is C11H26N2O2S. The van der Waals surface area contributed by atoms with Crippen molar-refractivity contribution in [2.45, 2.75) is 51.7 Å². The van der Waals surface area contributed by atoms with E-state index in [0.717, 1.165) is 19.4 Å². The van der Waals surface area contributed by atoms with Gasteiger partial charge >= 0.3 is 0 Å². The molecular weight excluding hydrogens is 224 g/mol. The van der Waals surface area contributed by atoms with E-state index in [-0.39, 0.29) is 5.25 Å². The molecule has 1 atom stereocenters. The summed E-state index contributed by atoms with van der Waals surface area (Å²) in [7, 11) is -3.13. The Labute approximate surface area is 100 Å². The molecule has 4 nitrogen and oxygen atoms in total. The summed E-state index contributed by atoms with van der Waals surface area (Å²) in [5.41, 5.74) is 0. The zero-order valence-corrected chi connectivity index (χ0v) is 11.6. The van der Waals surface area contributed by atoms with Gasteiger partial charge in [0, 0.05) is 13.1 Å². The minimum absolute atomic E-state index is 0.362. The summed E-state index contributed by atoms with van der Waals surface area (Å²) in [6, 6.07) is 0. The maximum absolute atomic E-state index is 11.7. The summed E-state index contributed by atoms with van der Waals surface area (Å²) < 4.78 is 26.1. The highest BCUT2D eigenvalue weighted by Gasteiger charge is 2.18. The first-order valence-corrected chi connectivity index (χ1v) is 7.78. The molecule has 0 bridgehead atoms. The van der Waals surface area contributed by atoms with Gasteiger partial charge in [0.05, 0.1) is 5.25 Å². The van der Waals surface area contributed by atoms with Gasteiger partial charge in [0.15, 0.2) is 0 Å². The first-order valence-electron chi connectivity index (χ1n) is 6.23. The Bertz CT molecular complexity index is 253. The van der Waals surface area contributed by atoms with Gasteiger partial charge in [-0.2, -0.15) is 0 Å². The van der Waals surface area contributed by atoms with E-state index in [1.54, 1.807) is 6.92 Å². The molecule has 0 amide bonds. The average Bonchev–Trinajstić information content (AvgIpc) is 2.25. The average molecular weight is 250 g/mol. The number of hydrogen-bond acceptors (Lipinski definition) is 3. The summed E-state index contributed by atoms with van der Waals surface area (Å²) in [4.78, 5) is 0. The highest BCUT2D eigenvalue weighted by Crippen LogP contribution is 2.00. The van der Waals surface area contributed by atoms with Crippen LogP contribution >= 0.6 is 0 Å². The van der Waals surface area contributed by atoms with Crippen molar-refractivity contribution in [2.24, 2.45) is 0 Å². The predicted molar refractivity (Wildman–Crippen MR) is 69.1 cm³/mol. The molecule has 1 unspecified atom stereocenters. The largest absolute Gasteiger partial charge is 0.316 e. The molecule has 0 aromatic rings. The van der Waals surface area contributed by atoms with Crippen LogP contribution in [0.15, 0.2) is 0 Å². The van der Waals surface area contributed by atoms with Crippen LogP contribution in [0.2, 0.25) is 0 Å². The lowest BCUT2D eigenvalue weighted by molar-refractivity contribution is 0.554. The molecule has 0 saturated heterocycles. The minimum atomic E-state index is -3.13. The zero-order chi connectivity index (χ0) is 12.4. The second-order valence-corrected chi connectivity index (χ2v) is 6.30. The highest BCUT2D eigenvalue weighted by atomic mass is 32.2. The van der Waals surface area contributed by atoms with Gasteiger partial charge < -0.3 is 5.32 Å². The molecule has 0 aliphatic heterocycles. The predicted octanol–water partition coefficient (Wildman–Crippen LogP) is 1.48. The van der Waals surface area contributed by atoms with Crippen LogP contribution < -0.4 is 10.0 Å².